The van der Waals surface area contributed by atoms with Crippen molar-refractivity contribution < 1.29 is 9.90 Å². The Kier molecular flexibility index (Phi) is 3.66. The van der Waals surface area contributed by atoms with Gasteiger partial charge in [0.05, 0.1) is 16.9 Å². The molecule has 0 bridgehead atoms. The zero-order valence-electron chi connectivity index (χ0n) is 10.6. The van der Waals surface area contributed by atoms with E-state index in [-0.39, 0.29) is 5.56 Å². The summed E-state index contributed by atoms with van der Waals surface area (Å²) in [6, 6.07) is 6.59. The normalized spacial score (nSPS) is 10.2. The molecule has 0 saturated carbocycles. The highest BCUT2D eigenvalue weighted by Gasteiger charge is 2.06. The van der Waals surface area contributed by atoms with Crippen molar-refractivity contribution >= 4 is 17.3 Å². The van der Waals surface area contributed by atoms with Gasteiger partial charge in [0.1, 0.15) is 0 Å². The third-order valence-electron chi connectivity index (χ3n) is 2.90. The van der Waals surface area contributed by atoms with Crippen LogP contribution in [-0.2, 0) is 6.54 Å². The number of hydrogen-bond acceptors (Lipinski definition) is 4. The molecule has 19 heavy (non-hydrogen) atoms. The molecule has 4 N–H and O–H groups in total. The summed E-state index contributed by atoms with van der Waals surface area (Å²) in [5.74, 6) is -0.983. The quantitative estimate of drug-likeness (QED) is 0.731. The number of nitrogens with zero attached hydrogens (tertiary/aromatic N) is 1. The number of carbonyl (C=O) groups is 1. The van der Waals surface area contributed by atoms with Gasteiger partial charge in [0, 0.05) is 18.9 Å². The summed E-state index contributed by atoms with van der Waals surface area (Å²) in [5, 5.41) is 12.1. The second-order valence-electron chi connectivity index (χ2n) is 4.26. The number of hydrogen-bond donors (Lipinski definition) is 3. The van der Waals surface area contributed by atoms with E-state index in [9.17, 15) is 4.79 Å². The van der Waals surface area contributed by atoms with Crippen molar-refractivity contribution in [3.63, 3.8) is 0 Å². The van der Waals surface area contributed by atoms with Crippen molar-refractivity contribution in [2.24, 2.45) is 0 Å². The van der Waals surface area contributed by atoms with Gasteiger partial charge in [-0.2, -0.15) is 0 Å². The molecule has 2 rings (SSSR count). The minimum atomic E-state index is -0.983. The molecule has 98 valence electrons. The summed E-state index contributed by atoms with van der Waals surface area (Å²) < 4.78 is 0. The van der Waals surface area contributed by atoms with Crippen LogP contribution >= 0.6 is 0 Å². The Labute approximate surface area is 111 Å². The fourth-order valence-corrected chi connectivity index (χ4v) is 1.75. The van der Waals surface area contributed by atoms with E-state index in [1.165, 1.54) is 12.1 Å². The number of aryl methyl sites for hydroxylation is 1. The van der Waals surface area contributed by atoms with Crippen LogP contribution in [0.3, 0.4) is 0 Å². The van der Waals surface area contributed by atoms with E-state index in [0.717, 1.165) is 16.8 Å². The molecular formula is C14H15N3O2. The number of nitrogen functional groups attached to an aromatic ring is 1. The number of nitrogens with one attached hydrogen (secondary N) is 1. The van der Waals surface area contributed by atoms with Crippen LogP contribution in [0.1, 0.15) is 21.5 Å². The zero-order chi connectivity index (χ0) is 13.8. The fourth-order valence-electron chi connectivity index (χ4n) is 1.75. The average molecular weight is 257 g/mol. The van der Waals surface area contributed by atoms with Gasteiger partial charge in [-0.25, -0.2) is 4.79 Å². The molecule has 0 radical (unpaired) electrons. The van der Waals surface area contributed by atoms with Crippen LogP contribution < -0.4 is 11.1 Å². The summed E-state index contributed by atoms with van der Waals surface area (Å²) in [7, 11) is 0. The molecule has 0 saturated heterocycles. The largest absolute Gasteiger partial charge is 0.478 e. The third kappa shape index (κ3) is 3.01. The second kappa shape index (κ2) is 5.39. The van der Waals surface area contributed by atoms with E-state index in [4.69, 9.17) is 10.8 Å². The van der Waals surface area contributed by atoms with Gasteiger partial charge in [0.2, 0.25) is 0 Å². The lowest BCUT2D eigenvalue weighted by Gasteiger charge is -2.11. The SMILES string of the molecule is Cc1cnccc1CNc1ccc(C(=O)O)cc1N. The van der Waals surface area contributed by atoms with Gasteiger partial charge >= 0.3 is 5.97 Å². The predicted molar refractivity (Wildman–Crippen MR) is 74.1 cm³/mol. The number of rotatable bonds is 4. The first-order valence-electron chi connectivity index (χ1n) is 5.84. The topological polar surface area (TPSA) is 88.2 Å². The summed E-state index contributed by atoms with van der Waals surface area (Å²) in [6.45, 7) is 2.60. The van der Waals surface area contributed by atoms with Gasteiger partial charge in [-0.1, -0.05) is 0 Å². The van der Waals surface area contributed by atoms with Crippen LogP contribution in [0.2, 0.25) is 0 Å². The van der Waals surface area contributed by atoms with Crippen molar-refractivity contribution in [3.05, 3.63) is 53.3 Å². The first-order valence-corrected chi connectivity index (χ1v) is 5.84. The monoisotopic (exact) mass is 257 g/mol. The third-order valence-corrected chi connectivity index (χ3v) is 2.90. The van der Waals surface area contributed by atoms with Gasteiger partial charge in [-0.15, -0.1) is 0 Å². The maximum absolute atomic E-state index is 10.8. The number of nitrogens with two attached hydrogens (primary N) is 1. The first-order chi connectivity index (χ1) is 9.08. The molecule has 5 heteroatoms. The van der Waals surface area contributed by atoms with E-state index in [2.05, 4.69) is 10.3 Å². The molecule has 1 heterocycles. The lowest BCUT2D eigenvalue weighted by Crippen LogP contribution is -2.05. The maximum atomic E-state index is 10.8. The number of pyridine rings is 1. The highest BCUT2D eigenvalue weighted by molar-refractivity contribution is 5.90. The highest BCUT2D eigenvalue weighted by atomic mass is 16.4. The summed E-state index contributed by atoms with van der Waals surface area (Å²) in [5.41, 5.74) is 9.37. The van der Waals surface area contributed by atoms with Crippen LogP contribution in [0.4, 0.5) is 11.4 Å². The van der Waals surface area contributed by atoms with Crippen molar-refractivity contribution in [2.75, 3.05) is 11.1 Å². The van der Waals surface area contributed by atoms with E-state index < -0.39 is 5.97 Å². The van der Waals surface area contributed by atoms with Crippen molar-refractivity contribution in [2.45, 2.75) is 13.5 Å². The number of benzene rings is 1. The Morgan fingerprint density at radius 3 is 2.84 bits per heavy atom. The minimum Gasteiger partial charge on any atom is -0.478 e. The Balaban J connectivity index is 2.12. The molecule has 0 unspecified atom stereocenters. The fraction of sp³-hybridized carbons (Fsp3) is 0.143. The van der Waals surface area contributed by atoms with Crippen molar-refractivity contribution in [1.82, 2.24) is 4.98 Å². The number of aromatic carboxylic acids is 1. The standard InChI is InChI=1S/C14H15N3O2/c1-9-7-16-5-4-11(9)8-17-13-3-2-10(14(18)19)6-12(13)15/h2-7,17H,8,15H2,1H3,(H,18,19). The molecule has 0 fully saturated rings. The van der Waals surface area contributed by atoms with Crippen molar-refractivity contribution in [3.8, 4) is 0 Å². The average Bonchev–Trinajstić information content (AvgIpc) is 2.39. The van der Waals surface area contributed by atoms with E-state index in [0.29, 0.717) is 12.2 Å². The van der Waals surface area contributed by atoms with E-state index >= 15 is 0 Å². The van der Waals surface area contributed by atoms with Gasteiger partial charge < -0.3 is 16.2 Å². The first kappa shape index (κ1) is 12.9. The van der Waals surface area contributed by atoms with E-state index in [1.807, 2.05) is 13.0 Å². The Hall–Kier alpha value is -2.56. The lowest BCUT2D eigenvalue weighted by atomic mass is 10.1. The van der Waals surface area contributed by atoms with Crippen LogP contribution in [0.15, 0.2) is 36.7 Å². The molecule has 2 aromatic rings. The van der Waals surface area contributed by atoms with Crippen LogP contribution in [-0.4, -0.2) is 16.1 Å². The van der Waals surface area contributed by atoms with Crippen molar-refractivity contribution in [1.29, 1.82) is 0 Å². The molecule has 1 aromatic carbocycles. The maximum Gasteiger partial charge on any atom is 0.335 e. The highest BCUT2D eigenvalue weighted by Crippen LogP contribution is 2.21. The minimum absolute atomic E-state index is 0.183. The van der Waals surface area contributed by atoms with Gasteiger partial charge in [-0.05, 0) is 42.3 Å². The Morgan fingerprint density at radius 1 is 1.42 bits per heavy atom. The predicted octanol–water partition coefficient (Wildman–Crippen LogP) is 2.28. The molecular weight excluding hydrogens is 242 g/mol. The van der Waals surface area contributed by atoms with Gasteiger partial charge in [0.15, 0.2) is 0 Å². The molecule has 0 amide bonds. The molecule has 0 aliphatic carbocycles. The molecule has 5 nitrogen and oxygen atoms in total. The molecule has 1 aromatic heterocycles. The lowest BCUT2D eigenvalue weighted by molar-refractivity contribution is 0.0697. The number of carboxylic acids is 1. The van der Waals surface area contributed by atoms with Gasteiger partial charge in [0.25, 0.3) is 0 Å². The molecule has 0 spiro atoms. The number of anilines is 2. The summed E-state index contributed by atoms with van der Waals surface area (Å²) in [4.78, 5) is 14.8. The smallest absolute Gasteiger partial charge is 0.335 e. The molecule has 0 aliphatic rings. The second-order valence-corrected chi connectivity index (χ2v) is 4.26. The van der Waals surface area contributed by atoms with Crippen LogP contribution in [0.25, 0.3) is 0 Å². The molecule has 0 aliphatic heterocycles. The van der Waals surface area contributed by atoms with E-state index in [1.54, 1.807) is 18.5 Å². The van der Waals surface area contributed by atoms with Gasteiger partial charge in [-0.3, -0.25) is 4.98 Å². The molecule has 0 atom stereocenters. The van der Waals surface area contributed by atoms with Crippen LogP contribution in [0, 0.1) is 6.92 Å². The zero-order valence-corrected chi connectivity index (χ0v) is 10.6. The number of aromatic nitrogens is 1. The summed E-state index contributed by atoms with van der Waals surface area (Å²) in [6.07, 6.45) is 3.54. The summed E-state index contributed by atoms with van der Waals surface area (Å²) >= 11 is 0. The van der Waals surface area contributed by atoms with Crippen LogP contribution in [0.5, 0.6) is 0 Å². The Bertz CT molecular complexity index is 611. The number of carboxylic acid groups (broad SMARTS) is 1. The Morgan fingerprint density at radius 2 is 2.21 bits per heavy atom.